The van der Waals surface area contributed by atoms with Crippen molar-refractivity contribution in [2.75, 3.05) is 19.4 Å². The molecule has 0 aromatic heterocycles. The van der Waals surface area contributed by atoms with Gasteiger partial charge in [0.15, 0.2) is 0 Å². The second kappa shape index (κ2) is 4.41. The van der Waals surface area contributed by atoms with E-state index in [1.807, 2.05) is 0 Å². The average Bonchev–Trinajstić information content (AvgIpc) is 2.27. The van der Waals surface area contributed by atoms with Crippen molar-refractivity contribution < 1.29 is 9.72 Å². The van der Waals surface area contributed by atoms with Crippen LogP contribution in [0.3, 0.4) is 0 Å². The smallest absolute Gasteiger partial charge is 0.270 e. The van der Waals surface area contributed by atoms with Crippen LogP contribution in [-0.2, 0) is 0 Å². The van der Waals surface area contributed by atoms with Crippen molar-refractivity contribution in [3.05, 3.63) is 33.9 Å². The zero-order valence-electron chi connectivity index (χ0n) is 8.40. The molecule has 1 rings (SSSR count). The molecule has 0 spiro atoms. The zero-order valence-corrected chi connectivity index (χ0v) is 8.40. The predicted octanol–water partition coefficient (Wildman–Crippen LogP) is 0.996. The van der Waals surface area contributed by atoms with E-state index in [1.54, 1.807) is 7.05 Å². The van der Waals surface area contributed by atoms with E-state index in [2.05, 4.69) is 10.6 Å². The van der Waals surface area contributed by atoms with Gasteiger partial charge in [0.2, 0.25) is 0 Å². The molecule has 6 heteroatoms. The van der Waals surface area contributed by atoms with E-state index in [0.717, 1.165) is 0 Å². The molecule has 1 aromatic carbocycles. The molecule has 1 amide bonds. The highest BCUT2D eigenvalue weighted by Crippen LogP contribution is 2.21. The number of nitro benzene ring substituents is 1. The number of hydrogen-bond donors (Lipinski definition) is 2. The Bertz CT molecular complexity index is 404. The summed E-state index contributed by atoms with van der Waals surface area (Å²) in [6.07, 6.45) is 0. The highest BCUT2D eigenvalue weighted by molar-refractivity contribution is 6.00. The SMILES string of the molecule is CNC(=O)c1cc([N+](=O)[O-])ccc1NC. The normalized spacial score (nSPS) is 9.47. The van der Waals surface area contributed by atoms with Crippen molar-refractivity contribution >= 4 is 17.3 Å². The summed E-state index contributed by atoms with van der Waals surface area (Å²) in [5.41, 5.74) is 0.710. The number of non-ortho nitro benzene ring substituents is 1. The number of nitro groups is 1. The number of anilines is 1. The highest BCUT2D eigenvalue weighted by Gasteiger charge is 2.14. The molecule has 0 saturated heterocycles. The van der Waals surface area contributed by atoms with Crippen molar-refractivity contribution in [3.8, 4) is 0 Å². The topological polar surface area (TPSA) is 84.3 Å². The number of nitrogens with one attached hydrogen (secondary N) is 2. The van der Waals surface area contributed by atoms with Crippen molar-refractivity contribution in [1.82, 2.24) is 5.32 Å². The zero-order chi connectivity index (χ0) is 11.4. The number of benzene rings is 1. The summed E-state index contributed by atoms with van der Waals surface area (Å²) in [7, 11) is 3.12. The lowest BCUT2D eigenvalue weighted by Crippen LogP contribution is -2.19. The van der Waals surface area contributed by atoms with Gasteiger partial charge in [-0.05, 0) is 6.07 Å². The summed E-state index contributed by atoms with van der Waals surface area (Å²) >= 11 is 0. The quantitative estimate of drug-likeness (QED) is 0.574. The van der Waals surface area contributed by atoms with E-state index in [0.29, 0.717) is 5.69 Å². The van der Waals surface area contributed by atoms with E-state index in [4.69, 9.17) is 0 Å². The van der Waals surface area contributed by atoms with Crippen LogP contribution in [0.4, 0.5) is 11.4 Å². The van der Waals surface area contributed by atoms with Crippen LogP contribution in [0, 0.1) is 10.1 Å². The summed E-state index contributed by atoms with van der Waals surface area (Å²) in [4.78, 5) is 21.4. The largest absolute Gasteiger partial charge is 0.387 e. The maximum absolute atomic E-state index is 11.4. The summed E-state index contributed by atoms with van der Waals surface area (Å²) in [5, 5.41) is 15.7. The fourth-order valence-corrected chi connectivity index (χ4v) is 1.19. The van der Waals surface area contributed by atoms with Gasteiger partial charge in [0.25, 0.3) is 11.6 Å². The monoisotopic (exact) mass is 209 g/mol. The number of rotatable bonds is 3. The van der Waals surface area contributed by atoms with Gasteiger partial charge in [0.1, 0.15) is 0 Å². The maximum atomic E-state index is 11.4. The lowest BCUT2D eigenvalue weighted by molar-refractivity contribution is -0.384. The maximum Gasteiger partial charge on any atom is 0.270 e. The third kappa shape index (κ3) is 2.22. The molecule has 15 heavy (non-hydrogen) atoms. The molecule has 80 valence electrons. The van der Waals surface area contributed by atoms with Gasteiger partial charge in [-0.2, -0.15) is 0 Å². The van der Waals surface area contributed by atoms with Crippen molar-refractivity contribution in [2.45, 2.75) is 0 Å². The van der Waals surface area contributed by atoms with Crippen LogP contribution in [0.2, 0.25) is 0 Å². The summed E-state index contributed by atoms with van der Waals surface area (Å²) in [6.45, 7) is 0. The Morgan fingerprint density at radius 1 is 1.40 bits per heavy atom. The van der Waals surface area contributed by atoms with Crippen molar-refractivity contribution in [2.24, 2.45) is 0 Å². The van der Waals surface area contributed by atoms with Gasteiger partial charge < -0.3 is 10.6 Å². The van der Waals surface area contributed by atoms with Crippen LogP contribution in [0.25, 0.3) is 0 Å². The fourth-order valence-electron chi connectivity index (χ4n) is 1.19. The summed E-state index contributed by atoms with van der Waals surface area (Å²) in [5.74, 6) is -0.358. The Kier molecular flexibility index (Phi) is 3.22. The minimum Gasteiger partial charge on any atom is -0.387 e. The van der Waals surface area contributed by atoms with Crippen molar-refractivity contribution in [3.63, 3.8) is 0 Å². The first kappa shape index (κ1) is 11.0. The standard InChI is InChI=1S/C9H11N3O3/c1-10-8-4-3-6(12(14)15)5-7(8)9(13)11-2/h3-5,10H,1-2H3,(H,11,13). The Morgan fingerprint density at radius 2 is 2.07 bits per heavy atom. The lowest BCUT2D eigenvalue weighted by atomic mass is 10.1. The molecule has 0 aliphatic heterocycles. The predicted molar refractivity (Wildman–Crippen MR) is 56.0 cm³/mol. The second-order valence-electron chi connectivity index (χ2n) is 2.82. The molecule has 0 bridgehead atoms. The van der Waals surface area contributed by atoms with Gasteiger partial charge in [0, 0.05) is 31.9 Å². The van der Waals surface area contributed by atoms with Crippen LogP contribution in [0.15, 0.2) is 18.2 Å². The number of nitrogens with zero attached hydrogens (tertiary/aromatic N) is 1. The van der Waals surface area contributed by atoms with Gasteiger partial charge in [0.05, 0.1) is 10.5 Å². The first-order chi connectivity index (χ1) is 7.10. The molecule has 6 nitrogen and oxygen atoms in total. The molecule has 0 unspecified atom stereocenters. The Balaban J connectivity index is 3.25. The van der Waals surface area contributed by atoms with Gasteiger partial charge in [-0.15, -0.1) is 0 Å². The molecule has 0 fully saturated rings. The molecule has 2 N–H and O–H groups in total. The number of amides is 1. The summed E-state index contributed by atoms with van der Waals surface area (Å²) in [6, 6.07) is 4.09. The van der Waals surface area contributed by atoms with Crippen LogP contribution >= 0.6 is 0 Å². The van der Waals surface area contributed by atoms with Crippen LogP contribution in [0.5, 0.6) is 0 Å². The number of carbonyl (C=O) groups excluding carboxylic acids is 1. The molecular weight excluding hydrogens is 198 g/mol. The molecule has 0 aliphatic rings. The summed E-state index contributed by atoms with van der Waals surface area (Å²) < 4.78 is 0. The Labute approximate surface area is 86.4 Å². The van der Waals surface area contributed by atoms with E-state index in [9.17, 15) is 14.9 Å². The average molecular weight is 209 g/mol. The fraction of sp³-hybridized carbons (Fsp3) is 0.222. The molecule has 0 atom stereocenters. The lowest BCUT2D eigenvalue weighted by Gasteiger charge is -2.06. The van der Waals surface area contributed by atoms with E-state index < -0.39 is 4.92 Å². The Morgan fingerprint density at radius 3 is 2.53 bits per heavy atom. The van der Waals surface area contributed by atoms with Gasteiger partial charge in [-0.25, -0.2) is 0 Å². The van der Waals surface area contributed by atoms with Crippen LogP contribution < -0.4 is 10.6 Å². The molecule has 0 saturated carbocycles. The molecular formula is C9H11N3O3. The van der Waals surface area contributed by atoms with Gasteiger partial charge in [-0.3, -0.25) is 14.9 Å². The molecule has 0 heterocycles. The number of hydrogen-bond acceptors (Lipinski definition) is 4. The minimum absolute atomic E-state index is 0.104. The van der Waals surface area contributed by atoms with Gasteiger partial charge >= 0.3 is 0 Å². The van der Waals surface area contributed by atoms with E-state index in [1.165, 1.54) is 25.2 Å². The minimum atomic E-state index is -0.536. The van der Waals surface area contributed by atoms with E-state index in [-0.39, 0.29) is 17.2 Å². The molecule has 0 aliphatic carbocycles. The van der Waals surface area contributed by atoms with Crippen LogP contribution in [-0.4, -0.2) is 24.9 Å². The second-order valence-corrected chi connectivity index (χ2v) is 2.82. The number of carbonyl (C=O) groups is 1. The van der Waals surface area contributed by atoms with E-state index >= 15 is 0 Å². The molecule has 1 aromatic rings. The third-order valence-corrected chi connectivity index (χ3v) is 1.95. The first-order valence-electron chi connectivity index (χ1n) is 4.28. The van der Waals surface area contributed by atoms with Crippen LogP contribution in [0.1, 0.15) is 10.4 Å². The third-order valence-electron chi connectivity index (χ3n) is 1.95. The Hall–Kier alpha value is -2.11. The van der Waals surface area contributed by atoms with Crippen molar-refractivity contribution in [1.29, 1.82) is 0 Å². The highest BCUT2D eigenvalue weighted by atomic mass is 16.6. The van der Waals surface area contributed by atoms with Gasteiger partial charge in [-0.1, -0.05) is 0 Å². The first-order valence-corrected chi connectivity index (χ1v) is 4.28. The molecule has 0 radical (unpaired) electrons.